The molecule has 3 aromatic rings. The molecule has 1 aliphatic heterocycles. The lowest BCUT2D eigenvalue weighted by Gasteiger charge is -2.00. The van der Waals surface area contributed by atoms with Gasteiger partial charge in [0.1, 0.15) is 0 Å². The fraction of sp³-hybridized carbons (Fsp3) is 0.222. The molecule has 0 atom stereocenters. The number of carbonyl (C=O) groups excluding carboxylic acids is 1. The van der Waals surface area contributed by atoms with E-state index in [2.05, 4.69) is 11.9 Å². The van der Waals surface area contributed by atoms with Crippen LogP contribution in [0.25, 0.3) is 10.2 Å². The first-order valence-electron chi connectivity index (χ1n) is 7.87. The van der Waals surface area contributed by atoms with Crippen LogP contribution < -0.4 is 14.3 Å². The summed E-state index contributed by atoms with van der Waals surface area (Å²) in [5, 5.41) is 0. The zero-order chi connectivity index (χ0) is 17.4. The maximum atomic E-state index is 12.5. The molecule has 0 spiro atoms. The zero-order valence-corrected chi connectivity index (χ0v) is 15.4. The summed E-state index contributed by atoms with van der Waals surface area (Å²) in [5.74, 6) is 2.22. The molecule has 128 valence electrons. The molecule has 0 aliphatic carbocycles. The molecule has 4 rings (SSSR count). The Morgan fingerprint density at radius 1 is 1.24 bits per heavy atom. The molecule has 1 aromatic heterocycles. The van der Waals surface area contributed by atoms with E-state index in [4.69, 9.17) is 9.47 Å². The third-order valence-electron chi connectivity index (χ3n) is 3.91. The van der Waals surface area contributed by atoms with Crippen LogP contribution in [0.1, 0.15) is 17.3 Å². The summed E-state index contributed by atoms with van der Waals surface area (Å²) in [6.45, 7) is 2.35. The van der Waals surface area contributed by atoms with Crippen molar-refractivity contribution in [1.29, 1.82) is 0 Å². The van der Waals surface area contributed by atoms with E-state index in [0.717, 1.165) is 32.4 Å². The number of hydrogen-bond acceptors (Lipinski definition) is 5. The van der Waals surface area contributed by atoms with Gasteiger partial charge < -0.3 is 14.0 Å². The normalized spacial score (nSPS) is 13.6. The number of benzene rings is 2. The predicted octanol–water partition coefficient (Wildman–Crippen LogP) is 3.82. The summed E-state index contributed by atoms with van der Waals surface area (Å²) in [6, 6.07) is 11.4. The number of fused-ring (bicyclic) bond motifs is 2. The fourth-order valence-corrected chi connectivity index (χ4v) is 4.32. The van der Waals surface area contributed by atoms with E-state index in [9.17, 15) is 4.79 Å². The quantitative estimate of drug-likeness (QED) is 0.656. The third-order valence-corrected chi connectivity index (χ3v) is 5.90. The first-order valence-corrected chi connectivity index (χ1v) is 9.67. The number of thiazole rings is 1. The highest BCUT2D eigenvalue weighted by Gasteiger charge is 2.17. The highest BCUT2D eigenvalue weighted by atomic mass is 32.2. The molecule has 7 heteroatoms. The maximum absolute atomic E-state index is 12.5. The third kappa shape index (κ3) is 3.05. The van der Waals surface area contributed by atoms with E-state index in [1.807, 2.05) is 48.0 Å². The minimum absolute atomic E-state index is 0.241. The van der Waals surface area contributed by atoms with Crippen molar-refractivity contribution in [2.24, 2.45) is 12.0 Å². The van der Waals surface area contributed by atoms with Gasteiger partial charge in [-0.3, -0.25) is 4.79 Å². The highest BCUT2D eigenvalue weighted by Crippen LogP contribution is 2.36. The number of aryl methyl sites for hydroxylation is 1. The van der Waals surface area contributed by atoms with Gasteiger partial charge in [0, 0.05) is 29.6 Å². The SMILES string of the molecule is CCSc1ccc(C(=O)N=c2sc3cc4c(cc3n2C)OCO4)cc1. The first kappa shape index (κ1) is 16.2. The average Bonchev–Trinajstić information content (AvgIpc) is 3.19. The second-order valence-corrected chi connectivity index (χ2v) is 7.84. The van der Waals surface area contributed by atoms with Crippen LogP contribution in [0.15, 0.2) is 46.3 Å². The lowest BCUT2D eigenvalue weighted by molar-refractivity contribution is 0.0998. The van der Waals surface area contributed by atoms with Crippen LogP contribution in [-0.4, -0.2) is 23.0 Å². The van der Waals surface area contributed by atoms with Crippen LogP contribution in [0.2, 0.25) is 0 Å². The van der Waals surface area contributed by atoms with Gasteiger partial charge in [-0.25, -0.2) is 0 Å². The Hall–Kier alpha value is -2.25. The van der Waals surface area contributed by atoms with Gasteiger partial charge in [0.05, 0.1) is 10.2 Å². The Kier molecular flexibility index (Phi) is 4.27. The lowest BCUT2D eigenvalue weighted by Crippen LogP contribution is -2.13. The Labute approximate surface area is 152 Å². The first-order chi connectivity index (χ1) is 12.2. The zero-order valence-electron chi connectivity index (χ0n) is 13.8. The number of hydrogen-bond donors (Lipinski definition) is 0. The molecule has 0 radical (unpaired) electrons. The number of nitrogens with zero attached hydrogens (tertiary/aromatic N) is 2. The van der Waals surface area contributed by atoms with E-state index in [-0.39, 0.29) is 12.7 Å². The Morgan fingerprint density at radius 2 is 1.96 bits per heavy atom. The molecule has 25 heavy (non-hydrogen) atoms. The van der Waals surface area contributed by atoms with Crippen molar-refractivity contribution in [2.75, 3.05) is 12.5 Å². The molecule has 2 heterocycles. The topological polar surface area (TPSA) is 52.8 Å². The van der Waals surface area contributed by atoms with E-state index in [1.54, 1.807) is 11.8 Å². The molecular formula is C18H16N2O3S2. The number of rotatable bonds is 3. The molecule has 0 unspecified atom stereocenters. The Bertz CT molecular complexity index is 1020. The van der Waals surface area contributed by atoms with Crippen LogP contribution >= 0.6 is 23.1 Å². The van der Waals surface area contributed by atoms with Gasteiger partial charge in [-0.2, -0.15) is 4.99 Å². The number of aromatic nitrogens is 1. The van der Waals surface area contributed by atoms with Crippen molar-refractivity contribution in [3.05, 3.63) is 46.8 Å². The molecule has 5 nitrogen and oxygen atoms in total. The number of thioether (sulfide) groups is 1. The maximum Gasteiger partial charge on any atom is 0.279 e. The Balaban J connectivity index is 1.70. The summed E-state index contributed by atoms with van der Waals surface area (Å²) in [5.41, 5.74) is 1.56. The molecule has 1 aliphatic rings. The van der Waals surface area contributed by atoms with Crippen molar-refractivity contribution >= 4 is 39.2 Å². The van der Waals surface area contributed by atoms with Crippen molar-refractivity contribution in [3.8, 4) is 11.5 Å². The van der Waals surface area contributed by atoms with E-state index >= 15 is 0 Å². The van der Waals surface area contributed by atoms with Gasteiger partial charge in [-0.05, 0) is 30.0 Å². The minimum Gasteiger partial charge on any atom is -0.454 e. The summed E-state index contributed by atoms with van der Waals surface area (Å²) in [4.78, 5) is 18.6. The standard InChI is InChI=1S/C18H16N2O3S2/c1-3-24-12-6-4-11(5-7-12)17(21)19-18-20(2)13-8-14-15(23-10-22-14)9-16(13)25-18/h4-9H,3,10H2,1-2H3. The Morgan fingerprint density at radius 3 is 2.68 bits per heavy atom. The highest BCUT2D eigenvalue weighted by molar-refractivity contribution is 7.99. The van der Waals surface area contributed by atoms with Crippen molar-refractivity contribution in [3.63, 3.8) is 0 Å². The summed E-state index contributed by atoms with van der Waals surface area (Å²) in [7, 11) is 1.90. The number of carbonyl (C=O) groups is 1. The summed E-state index contributed by atoms with van der Waals surface area (Å²) < 4.78 is 13.7. The average molecular weight is 372 g/mol. The summed E-state index contributed by atoms with van der Waals surface area (Å²) >= 11 is 3.21. The molecule has 0 N–H and O–H groups in total. The van der Waals surface area contributed by atoms with Gasteiger partial charge in [0.25, 0.3) is 5.91 Å². The van der Waals surface area contributed by atoms with Crippen LogP contribution in [0.3, 0.4) is 0 Å². The van der Waals surface area contributed by atoms with Gasteiger partial charge >= 0.3 is 0 Å². The molecule has 0 fully saturated rings. The number of amides is 1. The summed E-state index contributed by atoms with van der Waals surface area (Å²) in [6.07, 6.45) is 0. The lowest BCUT2D eigenvalue weighted by atomic mass is 10.2. The van der Waals surface area contributed by atoms with Gasteiger partial charge in [0.15, 0.2) is 16.3 Å². The second-order valence-electron chi connectivity index (χ2n) is 5.49. The fourth-order valence-electron chi connectivity index (χ4n) is 2.64. The largest absolute Gasteiger partial charge is 0.454 e. The number of ether oxygens (including phenoxy) is 2. The van der Waals surface area contributed by atoms with Crippen molar-refractivity contribution < 1.29 is 14.3 Å². The van der Waals surface area contributed by atoms with E-state index < -0.39 is 0 Å². The molecule has 2 aromatic carbocycles. The van der Waals surface area contributed by atoms with E-state index in [0.29, 0.717) is 10.4 Å². The smallest absolute Gasteiger partial charge is 0.279 e. The molecule has 0 saturated heterocycles. The monoisotopic (exact) mass is 372 g/mol. The van der Waals surface area contributed by atoms with Crippen LogP contribution in [0.4, 0.5) is 0 Å². The molecule has 1 amide bonds. The van der Waals surface area contributed by atoms with Crippen LogP contribution in [0, 0.1) is 0 Å². The van der Waals surface area contributed by atoms with Crippen molar-refractivity contribution in [1.82, 2.24) is 4.57 Å². The van der Waals surface area contributed by atoms with E-state index in [1.165, 1.54) is 11.3 Å². The molecule has 0 bridgehead atoms. The van der Waals surface area contributed by atoms with Crippen LogP contribution in [-0.2, 0) is 7.05 Å². The molecular weight excluding hydrogens is 356 g/mol. The minimum atomic E-state index is -0.241. The molecule has 0 saturated carbocycles. The van der Waals surface area contributed by atoms with Gasteiger partial charge in [-0.15, -0.1) is 11.8 Å². The van der Waals surface area contributed by atoms with Crippen LogP contribution in [0.5, 0.6) is 11.5 Å². The van der Waals surface area contributed by atoms with Gasteiger partial charge in [0.2, 0.25) is 6.79 Å². The predicted molar refractivity (Wildman–Crippen MR) is 99.7 cm³/mol. The van der Waals surface area contributed by atoms with Crippen molar-refractivity contribution in [2.45, 2.75) is 11.8 Å². The second kappa shape index (κ2) is 6.57. The van der Waals surface area contributed by atoms with Gasteiger partial charge in [-0.1, -0.05) is 18.3 Å².